The van der Waals surface area contributed by atoms with Crippen molar-refractivity contribution < 1.29 is 27.2 Å². The van der Waals surface area contributed by atoms with Gasteiger partial charge >= 0.3 is 18.1 Å². The second-order valence-corrected chi connectivity index (χ2v) is 4.82. The molecule has 0 fully saturated rings. The molecule has 0 aliphatic heterocycles. The summed E-state index contributed by atoms with van der Waals surface area (Å²) in [6.07, 6.45) is -5.18. The zero-order valence-corrected chi connectivity index (χ0v) is 12.1. The van der Waals surface area contributed by atoms with Gasteiger partial charge in [0.05, 0.1) is 6.04 Å². The monoisotopic (exact) mass is 340 g/mol. The van der Waals surface area contributed by atoms with Crippen LogP contribution in [0.1, 0.15) is 17.2 Å². The number of imide groups is 1. The molecule has 0 heterocycles. The highest BCUT2D eigenvalue weighted by molar-refractivity contribution is 5.97. The lowest BCUT2D eigenvalue weighted by Crippen LogP contribution is -2.46. The number of carbonyl (C=O) groups is 2. The Balaban J connectivity index is 2.24. The smallest absolute Gasteiger partial charge is 0.327 e. The van der Waals surface area contributed by atoms with Crippen molar-refractivity contribution in [1.82, 2.24) is 10.6 Å². The van der Waals surface area contributed by atoms with Gasteiger partial charge in [-0.25, -0.2) is 9.18 Å². The molecule has 2 aromatic rings. The molecular formula is C16H12F4N2O2. The van der Waals surface area contributed by atoms with E-state index in [9.17, 15) is 27.2 Å². The van der Waals surface area contributed by atoms with Gasteiger partial charge in [-0.2, -0.15) is 13.2 Å². The Morgan fingerprint density at radius 1 is 0.917 bits per heavy atom. The maximum atomic E-state index is 13.4. The van der Waals surface area contributed by atoms with Crippen molar-refractivity contribution >= 4 is 11.9 Å². The second kappa shape index (κ2) is 7.12. The Morgan fingerprint density at radius 2 is 1.54 bits per heavy atom. The molecule has 0 saturated carbocycles. The fourth-order valence-electron chi connectivity index (χ4n) is 2.03. The van der Waals surface area contributed by atoms with Gasteiger partial charge < -0.3 is 5.32 Å². The van der Waals surface area contributed by atoms with Crippen molar-refractivity contribution in [1.29, 1.82) is 0 Å². The lowest BCUT2D eigenvalue weighted by Gasteiger charge is -2.20. The average molecular weight is 340 g/mol. The van der Waals surface area contributed by atoms with Crippen LogP contribution in [0.15, 0.2) is 54.6 Å². The highest BCUT2D eigenvalue weighted by Gasteiger charge is 2.40. The van der Waals surface area contributed by atoms with Crippen molar-refractivity contribution in [2.45, 2.75) is 12.2 Å². The molecule has 0 aromatic heterocycles. The van der Waals surface area contributed by atoms with Gasteiger partial charge in [0, 0.05) is 0 Å². The van der Waals surface area contributed by atoms with Crippen LogP contribution in [0.4, 0.5) is 22.4 Å². The van der Waals surface area contributed by atoms with Crippen LogP contribution in [-0.4, -0.2) is 18.1 Å². The number of alkyl halides is 3. The molecule has 0 radical (unpaired) electrons. The molecule has 1 atom stereocenters. The fraction of sp³-hybridized carbons (Fsp3) is 0.125. The van der Waals surface area contributed by atoms with Crippen LogP contribution < -0.4 is 10.6 Å². The molecule has 0 aliphatic carbocycles. The van der Waals surface area contributed by atoms with Gasteiger partial charge in [-0.05, 0) is 23.3 Å². The van der Waals surface area contributed by atoms with E-state index < -0.39 is 30.0 Å². The summed E-state index contributed by atoms with van der Waals surface area (Å²) >= 11 is 0. The van der Waals surface area contributed by atoms with Crippen LogP contribution in [0.2, 0.25) is 0 Å². The van der Waals surface area contributed by atoms with E-state index in [0.29, 0.717) is 11.1 Å². The third kappa shape index (κ3) is 4.55. The Kier molecular flexibility index (Phi) is 5.18. The molecule has 2 aromatic carbocycles. The van der Waals surface area contributed by atoms with Gasteiger partial charge in [-0.1, -0.05) is 42.5 Å². The Bertz CT molecular complexity index is 732. The summed E-state index contributed by atoms with van der Waals surface area (Å²) in [4.78, 5) is 22.5. The summed E-state index contributed by atoms with van der Waals surface area (Å²) < 4.78 is 50.0. The van der Waals surface area contributed by atoms with Gasteiger partial charge in [0.1, 0.15) is 5.82 Å². The average Bonchev–Trinajstić information content (AvgIpc) is 2.52. The molecular weight excluding hydrogens is 328 g/mol. The molecule has 0 aliphatic rings. The molecule has 0 saturated heterocycles. The van der Waals surface area contributed by atoms with E-state index in [1.807, 2.05) is 0 Å². The normalized spacial score (nSPS) is 12.3. The van der Waals surface area contributed by atoms with Crippen LogP contribution in [0.25, 0.3) is 0 Å². The minimum atomic E-state index is -5.18. The van der Waals surface area contributed by atoms with Gasteiger partial charge in [-0.15, -0.1) is 0 Å². The molecule has 2 N–H and O–H groups in total. The fourth-order valence-corrected chi connectivity index (χ4v) is 2.03. The van der Waals surface area contributed by atoms with Crippen molar-refractivity contribution in [2.24, 2.45) is 0 Å². The third-order valence-corrected chi connectivity index (χ3v) is 3.07. The van der Waals surface area contributed by atoms with Gasteiger partial charge in [0.25, 0.3) is 0 Å². The van der Waals surface area contributed by atoms with E-state index >= 15 is 0 Å². The summed E-state index contributed by atoms with van der Waals surface area (Å²) in [6, 6.07) is 11.2. The lowest BCUT2D eigenvalue weighted by atomic mass is 9.99. The van der Waals surface area contributed by atoms with E-state index in [1.54, 1.807) is 30.3 Å². The van der Waals surface area contributed by atoms with E-state index in [1.165, 1.54) is 23.5 Å². The summed E-state index contributed by atoms with van der Waals surface area (Å²) in [6.45, 7) is 0. The number of hydrogen-bond donors (Lipinski definition) is 2. The van der Waals surface area contributed by atoms with E-state index in [2.05, 4.69) is 5.32 Å². The van der Waals surface area contributed by atoms with E-state index in [-0.39, 0.29) is 0 Å². The zero-order chi connectivity index (χ0) is 17.7. The molecule has 2 rings (SSSR count). The van der Waals surface area contributed by atoms with Crippen molar-refractivity contribution in [3.8, 4) is 0 Å². The summed E-state index contributed by atoms with van der Waals surface area (Å²) in [5.74, 6) is -2.95. The number of halogens is 4. The van der Waals surface area contributed by atoms with Gasteiger partial charge in [0.2, 0.25) is 0 Å². The first-order valence-electron chi connectivity index (χ1n) is 6.76. The Hall–Kier alpha value is -2.90. The van der Waals surface area contributed by atoms with Crippen molar-refractivity contribution in [3.05, 3.63) is 71.5 Å². The minimum absolute atomic E-state index is 0.316. The number of hydrogen-bond acceptors (Lipinski definition) is 2. The Morgan fingerprint density at radius 3 is 2.12 bits per heavy atom. The zero-order valence-electron chi connectivity index (χ0n) is 12.1. The van der Waals surface area contributed by atoms with E-state index in [4.69, 9.17) is 0 Å². The molecule has 4 nitrogen and oxygen atoms in total. The number of nitrogens with one attached hydrogen (secondary N) is 2. The quantitative estimate of drug-likeness (QED) is 0.843. The predicted octanol–water partition coefficient (Wildman–Crippen LogP) is 3.30. The SMILES string of the molecule is O=C(NC(=O)C(F)(F)F)N[C@H](c1ccccc1)c1cccc(F)c1. The Labute approximate surface area is 134 Å². The largest absolute Gasteiger partial charge is 0.471 e. The third-order valence-electron chi connectivity index (χ3n) is 3.07. The van der Waals surface area contributed by atoms with Crippen LogP contribution in [0.3, 0.4) is 0 Å². The van der Waals surface area contributed by atoms with Crippen LogP contribution >= 0.6 is 0 Å². The van der Waals surface area contributed by atoms with Crippen molar-refractivity contribution in [2.75, 3.05) is 0 Å². The van der Waals surface area contributed by atoms with Crippen LogP contribution in [0.5, 0.6) is 0 Å². The second-order valence-electron chi connectivity index (χ2n) is 4.82. The summed E-state index contributed by atoms with van der Waals surface area (Å²) in [5.41, 5.74) is 0.827. The summed E-state index contributed by atoms with van der Waals surface area (Å²) in [7, 11) is 0. The molecule has 0 spiro atoms. The molecule has 8 heteroatoms. The van der Waals surface area contributed by atoms with Crippen LogP contribution in [-0.2, 0) is 4.79 Å². The molecule has 24 heavy (non-hydrogen) atoms. The van der Waals surface area contributed by atoms with Crippen LogP contribution in [0, 0.1) is 5.82 Å². The first kappa shape index (κ1) is 17.5. The van der Waals surface area contributed by atoms with E-state index in [0.717, 1.165) is 6.07 Å². The van der Waals surface area contributed by atoms with Gasteiger partial charge in [-0.3, -0.25) is 10.1 Å². The highest BCUT2D eigenvalue weighted by Crippen LogP contribution is 2.22. The first-order valence-corrected chi connectivity index (χ1v) is 6.76. The highest BCUT2D eigenvalue weighted by atomic mass is 19.4. The predicted molar refractivity (Wildman–Crippen MR) is 77.4 cm³/mol. The van der Waals surface area contributed by atoms with Crippen molar-refractivity contribution in [3.63, 3.8) is 0 Å². The molecule has 3 amide bonds. The maximum absolute atomic E-state index is 13.4. The number of rotatable bonds is 3. The van der Waals surface area contributed by atoms with Gasteiger partial charge in [0.15, 0.2) is 0 Å². The standard InChI is InChI=1S/C16H12F4N2O2/c17-12-8-4-7-11(9-12)13(10-5-2-1-3-6-10)21-15(24)22-14(23)16(18,19)20/h1-9,13H,(H2,21,22,23,24)/t13-/m1/s1. The molecule has 0 unspecified atom stereocenters. The molecule has 126 valence electrons. The maximum Gasteiger partial charge on any atom is 0.471 e. The minimum Gasteiger partial charge on any atom is -0.327 e. The topological polar surface area (TPSA) is 58.2 Å². The molecule has 0 bridgehead atoms. The number of amides is 3. The number of urea groups is 1. The number of carbonyl (C=O) groups excluding carboxylic acids is 2. The summed E-state index contributed by atoms with van der Waals surface area (Å²) in [5, 5.41) is 3.44. The number of benzene rings is 2. The lowest BCUT2D eigenvalue weighted by molar-refractivity contribution is -0.172. The first-order chi connectivity index (χ1) is 11.3.